The second-order valence-corrected chi connectivity index (χ2v) is 6.92. The first-order chi connectivity index (χ1) is 9.22. The number of nitrogens with zero attached hydrogens (tertiary/aromatic N) is 2. The van der Waals surface area contributed by atoms with Gasteiger partial charge in [-0.25, -0.2) is 4.79 Å². The number of fused-ring (bicyclic) bond motifs is 2. The molecule has 0 spiro atoms. The number of carbonyl (C=O) groups is 1. The monoisotopic (exact) mass is 294 g/mol. The Balaban J connectivity index is 2.10. The zero-order valence-corrected chi connectivity index (χ0v) is 12.9. The highest BCUT2D eigenvalue weighted by atomic mass is 32.1. The lowest BCUT2D eigenvalue weighted by atomic mass is 9.97. The highest BCUT2D eigenvalue weighted by molar-refractivity contribution is 7.80. The second-order valence-electron chi connectivity index (χ2n) is 6.55. The van der Waals surface area contributed by atoms with Crippen molar-refractivity contribution >= 4 is 23.2 Å². The minimum Gasteiger partial charge on any atom is -0.479 e. The first-order valence-corrected chi connectivity index (χ1v) is 7.00. The van der Waals surface area contributed by atoms with Crippen LogP contribution in [-0.4, -0.2) is 45.1 Å². The van der Waals surface area contributed by atoms with Crippen LogP contribution < -0.4 is 0 Å². The standard InChI is InChI=1S/C14H18N2O3S/c1-13(2)7-18-11(17)9-5-16-10(6-15(9)13)12(20)19-8-14(16,3)4/h5-6H,7-8H2,1-4H3. The number of thiocarbonyl (C=S) groups is 1. The van der Waals surface area contributed by atoms with Gasteiger partial charge in [0.15, 0.2) is 0 Å². The van der Waals surface area contributed by atoms with Gasteiger partial charge in [0.05, 0.1) is 11.1 Å². The molecule has 3 heterocycles. The smallest absolute Gasteiger partial charge is 0.356 e. The van der Waals surface area contributed by atoms with E-state index < -0.39 is 0 Å². The van der Waals surface area contributed by atoms with Crippen molar-refractivity contribution in [1.29, 1.82) is 0 Å². The molecule has 3 aliphatic rings. The Bertz CT molecular complexity index is 513. The maximum absolute atomic E-state index is 12.0. The summed E-state index contributed by atoms with van der Waals surface area (Å²) >= 11 is 5.30. The van der Waals surface area contributed by atoms with Gasteiger partial charge in [0.25, 0.3) is 0 Å². The van der Waals surface area contributed by atoms with E-state index in [9.17, 15) is 4.79 Å². The van der Waals surface area contributed by atoms with E-state index in [0.717, 1.165) is 5.70 Å². The average molecular weight is 294 g/mol. The fourth-order valence-electron chi connectivity index (χ4n) is 2.58. The van der Waals surface area contributed by atoms with Crippen molar-refractivity contribution in [1.82, 2.24) is 9.80 Å². The molecule has 0 bridgehead atoms. The Hall–Kier alpha value is -1.56. The molecule has 3 aliphatic heterocycles. The molecule has 0 unspecified atom stereocenters. The largest absolute Gasteiger partial charge is 0.479 e. The second kappa shape index (κ2) is 3.97. The molecular formula is C14H18N2O3S. The van der Waals surface area contributed by atoms with Gasteiger partial charge in [-0.15, -0.1) is 0 Å². The van der Waals surface area contributed by atoms with Crippen LogP contribution in [0.1, 0.15) is 27.7 Å². The Morgan fingerprint density at radius 2 is 1.50 bits per heavy atom. The van der Waals surface area contributed by atoms with Crippen molar-refractivity contribution in [3.8, 4) is 0 Å². The number of hydrogen-bond donors (Lipinski definition) is 0. The van der Waals surface area contributed by atoms with E-state index in [1.54, 1.807) is 0 Å². The topological polar surface area (TPSA) is 42.0 Å². The van der Waals surface area contributed by atoms with Gasteiger partial charge in [-0.1, -0.05) is 0 Å². The van der Waals surface area contributed by atoms with E-state index in [1.807, 2.05) is 36.0 Å². The van der Waals surface area contributed by atoms with Gasteiger partial charge < -0.3 is 19.3 Å². The van der Waals surface area contributed by atoms with Gasteiger partial charge in [-0.3, -0.25) is 0 Å². The Labute approximate surface area is 123 Å². The molecule has 20 heavy (non-hydrogen) atoms. The van der Waals surface area contributed by atoms with Crippen molar-refractivity contribution in [2.24, 2.45) is 0 Å². The van der Waals surface area contributed by atoms with Crippen LogP contribution in [0, 0.1) is 0 Å². The summed E-state index contributed by atoms with van der Waals surface area (Å²) in [6.45, 7) is 8.99. The fraction of sp³-hybridized carbons (Fsp3) is 0.571. The molecule has 0 saturated carbocycles. The lowest BCUT2D eigenvalue weighted by Crippen LogP contribution is -2.57. The number of rotatable bonds is 0. The summed E-state index contributed by atoms with van der Waals surface area (Å²) in [5.74, 6) is -0.298. The first-order valence-electron chi connectivity index (χ1n) is 6.59. The summed E-state index contributed by atoms with van der Waals surface area (Å²) in [6.07, 6.45) is 3.73. The van der Waals surface area contributed by atoms with Crippen LogP contribution in [0.25, 0.3) is 0 Å². The van der Waals surface area contributed by atoms with Gasteiger partial charge in [-0.2, -0.15) is 0 Å². The maximum Gasteiger partial charge on any atom is 0.356 e. The molecular weight excluding hydrogens is 276 g/mol. The lowest BCUT2D eigenvalue weighted by Gasteiger charge is -2.50. The van der Waals surface area contributed by atoms with E-state index in [1.165, 1.54) is 0 Å². The highest BCUT2D eigenvalue weighted by Gasteiger charge is 2.45. The maximum atomic E-state index is 12.0. The van der Waals surface area contributed by atoms with Crippen molar-refractivity contribution in [3.63, 3.8) is 0 Å². The molecule has 0 atom stereocenters. The van der Waals surface area contributed by atoms with Crippen LogP contribution in [0.5, 0.6) is 0 Å². The van der Waals surface area contributed by atoms with E-state index in [4.69, 9.17) is 21.7 Å². The van der Waals surface area contributed by atoms with Gasteiger partial charge in [0.1, 0.15) is 24.6 Å². The minimum absolute atomic E-state index is 0.255. The van der Waals surface area contributed by atoms with Crippen LogP contribution in [0.15, 0.2) is 23.8 Å². The summed E-state index contributed by atoms with van der Waals surface area (Å²) in [6, 6.07) is 0. The van der Waals surface area contributed by atoms with Crippen LogP contribution in [0.3, 0.4) is 0 Å². The molecule has 0 aromatic rings. The van der Waals surface area contributed by atoms with Crippen molar-refractivity contribution in [2.75, 3.05) is 13.2 Å². The summed E-state index contributed by atoms with van der Waals surface area (Å²) in [7, 11) is 0. The molecule has 0 aromatic heterocycles. The number of cyclic esters (lactones) is 1. The van der Waals surface area contributed by atoms with Crippen molar-refractivity contribution in [2.45, 2.75) is 38.8 Å². The Morgan fingerprint density at radius 3 is 2.15 bits per heavy atom. The zero-order chi connectivity index (χ0) is 14.7. The molecule has 0 aliphatic carbocycles. The van der Waals surface area contributed by atoms with Crippen molar-refractivity contribution in [3.05, 3.63) is 23.8 Å². The average Bonchev–Trinajstić information content (AvgIpc) is 2.38. The van der Waals surface area contributed by atoms with Gasteiger partial charge in [-0.05, 0) is 39.9 Å². The van der Waals surface area contributed by atoms with Crippen molar-refractivity contribution < 1.29 is 14.3 Å². The quantitative estimate of drug-likeness (QED) is 0.501. The Morgan fingerprint density at radius 1 is 1.00 bits per heavy atom. The number of carbonyl (C=O) groups excluding carboxylic acids is 1. The molecule has 0 radical (unpaired) electrons. The number of esters is 1. The van der Waals surface area contributed by atoms with Crippen LogP contribution in [0.2, 0.25) is 0 Å². The normalized spacial score (nSPS) is 26.8. The number of hydrogen-bond acceptors (Lipinski definition) is 6. The van der Waals surface area contributed by atoms with E-state index >= 15 is 0 Å². The predicted octanol–water partition coefficient (Wildman–Crippen LogP) is 1.76. The van der Waals surface area contributed by atoms with Crippen LogP contribution in [-0.2, 0) is 14.3 Å². The minimum atomic E-state index is -0.298. The first kappa shape index (κ1) is 13.4. The van der Waals surface area contributed by atoms with E-state index in [0.29, 0.717) is 24.0 Å². The number of ether oxygens (including phenoxy) is 2. The van der Waals surface area contributed by atoms with Crippen LogP contribution in [0.4, 0.5) is 0 Å². The third-order valence-electron chi connectivity index (χ3n) is 3.86. The van der Waals surface area contributed by atoms with Gasteiger partial charge in [0, 0.05) is 12.4 Å². The SMILES string of the molecule is CC1(C)COC(=O)C2=CN3C(=CN21)C(=S)OCC3(C)C. The molecule has 2 fully saturated rings. The summed E-state index contributed by atoms with van der Waals surface area (Å²) < 4.78 is 10.9. The molecule has 108 valence electrons. The molecule has 2 saturated heterocycles. The molecule has 0 N–H and O–H groups in total. The van der Waals surface area contributed by atoms with E-state index in [-0.39, 0.29) is 17.0 Å². The fourth-order valence-corrected chi connectivity index (χ4v) is 2.79. The summed E-state index contributed by atoms with van der Waals surface area (Å²) in [4.78, 5) is 16.0. The Kier molecular flexibility index (Phi) is 2.67. The number of morpholine rings is 2. The molecule has 0 amide bonds. The van der Waals surface area contributed by atoms with E-state index in [2.05, 4.69) is 13.8 Å². The summed E-state index contributed by atoms with van der Waals surface area (Å²) in [5, 5.41) is 0.467. The zero-order valence-electron chi connectivity index (χ0n) is 12.1. The summed E-state index contributed by atoms with van der Waals surface area (Å²) in [5.41, 5.74) is 0.816. The molecule has 6 heteroatoms. The highest BCUT2D eigenvalue weighted by Crippen LogP contribution is 2.37. The third kappa shape index (κ3) is 1.82. The third-order valence-corrected chi connectivity index (χ3v) is 4.18. The van der Waals surface area contributed by atoms with Crippen LogP contribution >= 0.6 is 12.2 Å². The lowest BCUT2D eigenvalue weighted by molar-refractivity contribution is -0.151. The van der Waals surface area contributed by atoms with Gasteiger partial charge >= 0.3 is 5.97 Å². The molecule has 0 aromatic carbocycles. The van der Waals surface area contributed by atoms with Gasteiger partial charge in [0.2, 0.25) is 5.05 Å². The molecule has 3 rings (SSSR count). The predicted molar refractivity (Wildman–Crippen MR) is 77.5 cm³/mol. The molecule has 5 nitrogen and oxygen atoms in total.